The maximum absolute atomic E-state index is 11.9. The van der Waals surface area contributed by atoms with Crippen molar-refractivity contribution in [3.8, 4) is 11.8 Å². The van der Waals surface area contributed by atoms with Crippen molar-refractivity contribution in [3.05, 3.63) is 21.4 Å². The van der Waals surface area contributed by atoms with Crippen LogP contribution in [-0.2, 0) is 0 Å². The Morgan fingerprint density at radius 2 is 2.20 bits per heavy atom. The molecule has 0 saturated carbocycles. The maximum Gasteiger partial charge on any atom is 0.389 e. The van der Waals surface area contributed by atoms with Gasteiger partial charge in [-0.15, -0.1) is 11.3 Å². The number of nitrogens with one attached hydrogen (secondary N) is 1. The van der Waals surface area contributed by atoms with E-state index in [4.69, 9.17) is 5.11 Å². The molecule has 7 heteroatoms. The minimum absolute atomic E-state index is 0.0209. The number of thiophene rings is 1. The lowest BCUT2D eigenvalue weighted by Crippen LogP contribution is -2.24. The van der Waals surface area contributed by atoms with E-state index in [1.165, 1.54) is 0 Å². The van der Waals surface area contributed by atoms with Crippen LogP contribution in [-0.4, -0.2) is 30.3 Å². The van der Waals surface area contributed by atoms with Crippen molar-refractivity contribution in [2.24, 2.45) is 0 Å². The van der Waals surface area contributed by atoms with Gasteiger partial charge < -0.3 is 10.4 Å². The van der Waals surface area contributed by atoms with E-state index < -0.39 is 18.5 Å². The number of carbonyl (C=O) groups excluding carboxylic acids is 1. The Labute approximate surface area is 118 Å². The Hall–Kier alpha value is -1.52. The molecular formula is C13H14F3NO2S. The molecule has 2 N–H and O–H groups in total. The average Bonchev–Trinajstić information content (AvgIpc) is 2.72. The summed E-state index contributed by atoms with van der Waals surface area (Å²) in [5.41, 5.74) is 0.802. The molecule has 0 bridgehead atoms. The van der Waals surface area contributed by atoms with Crippen LogP contribution < -0.4 is 5.32 Å². The van der Waals surface area contributed by atoms with Gasteiger partial charge in [0.15, 0.2) is 0 Å². The van der Waals surface area contributed by atoms with E-state index in [0.29, 0.717) is 9.75 Å². The third-order valence-electron chi connectivity index (χ3n) is 2.35. The topological polar surface area (TPSA) is 49.3 Å². The molecule has 0 unspecified atom stereocenters. The van der Waals surface area contributed by atoms with Gasteiger partial charge in [-0.3, -0.25) is 4.79 Å². The Balaban J connectivity index is 2.52. The zero-order chi connectivity index (χ0) is 15.2. The monoisotopic (exact) mass is 305 g/mol. The molecule has 0 aromatic carbocycles. The number of aliphatic hydroxyl groups is 1. The van der Waals surface area contributed by atoms with Crippen LogP contribution >= 0.6 is 11.3 Å². The van der Waals surface area contributed by atoms with Gasteiger partial charge >= 0.3 is 6.18 Å². The van der Waals surface area contributed by atoms with Gasteiger partial charge in [-0.2, -0.15) is 13.2 Å². The number of hydrogen-bond acceptors (Lipinski definition) is 3. The SMILES string of the molecule is Cc1cc(C(=O)NCCCC(F)(F)F)sc1C#CCO. The van der Waals surface area contributed by atoms with Crippen LogP contribution in [0.3, 0.4) is 0 Å². The van der Waals surface area contributed by atoms with Crippen molar-refractivity contribution in [2.75, 3.05) is 13.2 Å². The number of rotatable bonds is 4. The molecule has 1 aromatic rings. The van der Waals surface area contributed by atoms with Gasteiger partial charge in [0.25, 0.3) is 5.91 Å². The fourth-order valence-corrected chi connectivity index (χ4v) is 2.38. The van der Waals surface area contributed by atoms with Crippen LogP contribution in [0.25, 0.3) is 0 Å². The summed E-state index contributed by atoms with van der Waals surface area (Å²) in [5.74, 6) is 4.80. The van der Waals surface area contributed by atoms with Gasteiger partial charge in [-0.1, -0.05) is 11.8 Å². The highest BCUT2D eigenvalue weighted by atomic mass is 32.1. The second-order valence-corrected chi connectivity index (χ2v) is 5.11. The summed E-state index contributed by atoms with van der Waals surface area (Å²) in [6, 6.07) is 1.63. The molecule has 0 aliphatic carbocycles. The van der Waals surface area contributed by atoms with Crippen molar-refractivity contribution in [1.29, 1.82) is 0 Å². The molecule has 1 rings (SSSR count). The average molecular weight is 305 g/mol. The summed E-state index contributed by atoms with van der Waals surface area (Å²) in [5, 5.41) is 11.0. The number of alkyl halides is 3. The molecule has 0 spiro atoms. The summed E-state index contributed by atoms with van der Waals surface area (Å²) in [7, 11) is 0. The van der Waals surface area contributed by atoms with E-state index in [9.17, 15) is 18.0 Å². The number of halogens is 3. The molecule has 110 valence electrons. The number of carbonyl (C=O) groups is 1. The van der Waals surface area contributed by atoms with Crippen LogP contribution in [0, 0.1) is 18.8 Å². The largest absolute Gasteiger partial charge is 0.389 e. The highest BCUT2D eigenvalue weighted by Crippen LogP contribution is 2.22. The zero-order valence-corrected chi connectivity index (χ0v) is 11.6. The molecule has 1 amide bonds. The predicted molar refractivity (Wildman–Crippen MR) is 70.6 cm³/mol. The molecule has 20 heavy (non-hydrogen) atoms. The minimum atomic E-state index is -4.20. The minimum Gasteiger partial charge on any atom is -0.384 e. The maximum atomic E-state index is 11.9. The van der Waals surface area contributed by atoms with Gasteiger partial charge in [-0.25, -0.2) is 0 Å². The molecule has 1 aromatic heterocycles. The normalized spacial score (nSPS) is 10.8. The second-order valence-electron chi connectivity index (χ2n) is 4.06. The summed E-state index contributed by atoms with van der Waals surface area (Å²) < 4.78 is 35.8. The quantitative estimate of drug-likeness (QED) is 0.663. The smallest absolute Gasteiger partial charge is 0.384 e. The van der Waals surface area contributed by atoms with E-state index >= 15 is 0 Å². The van der Waals surface area contributed by atoms with Crippen LogP contribution in [0.5, 0.6) is 0 Å². The van der Waals surface area contributed by atoms with Gasteiger partial charge in [0, 0.05) is 13.0 Å². The first-order chi connectivity index (χ1) is 9.33. The molecule has 1 heterocycles. The zero-order valence-electron chi connectivity index (χ0n) is 10.8. The Morgan fingerprint density at radius 1 is 1.50 bits per heavy atom. The molecule has 0 radical (unpaired) electrons. The first kappa shape index (κ1) is 16.5. The standard InChI is InChI=1S/C13H14F3NO2S/c1-9-8-11(20-10(9)4-2-7-18)12(19)17-6-3-5-13(14,15)16/h8,18H,3,5-7H2,1H3,(H,17,19). The summed E-state index contributed by atoms with van der Waals surface area (Å²) >= 11 is 1.15. The number of aliphatic hydroxyl groups excluding tert-OH is 1. The first-order valence-electron chi connectivity index (χ1n) is 5.88. The Bertz CT molecular complexity index is 526. The van der Waals surface area contributed by atoms with Crippen molar-refractivity contribution in [1.82, 2.24) is 5.32 Å². The predicted octanol–water partition coefficient (Wildman–Crippen LogP) is 2.47. The summed E-state index contributed by atoms with van der Waals surface area (Å²) in [6.07, 6.45) is -5.25. The summed E-state index contributed by atoms with van der Waals surface area (Å²) in [4.78, 5) is 12.8. The van der Waals surface area contributed by atoms with Crippen LogP contribution in [0.4, 0.5) is 13.2 Å². The Morgan fingerprint density at radius 3 is 2.80 bits per heavy atom. The first-order valence-corrected chi connectivity index (χ1v) is 6.70. The number of aryl methyl sites for hydroxylation is 1. The van der Waals surface area contributed by atoms with Crippen LogP contribution in [0.15, 0.2) is 6.07 Å². The molecule has 3 nitrogen and oxygen atoms in total. The molecular weight excluding hydrogens is 291 g/mol. The van der Waals surface area contributed by atoms with Crippen molar-refractivity contribution < 1.29 is 23.1 Å². The highest BCUT2D eigenvalue weighted by molar-refractivity contribution is 7.14. The fraction of sp³-hybridized carbons (Fsp3) is 0.462. The summed E-state index contributed by atoms with van der Waals surface area (Å²) in [6.45, 7) is 1.49. The van der Waals surface area contributed by atoms with Crippen molar-refractivity contribution >= 4 is 17.2 Å². The number of amides is 1. The van der Waals surface area contributed by atoms with E-state index in [1.807, 2.05) is 0 Å². The molecule has 0 saturated heterocycles. The van der Waals surface area contributed by atoms with E-state index in [-0.39, 0.29) is 19.6 Å². The van der Waals surface area contributed by atoms with E-state index in [1.54, 1.807) is 13.0 Å². The van der Waals surface area contributed by atoms with Crippen LogP contribution in [0.1, 0.15) is 33.0 Å². The second kappa shape index (κ2) is 7.31. The molecule has 0 aliphatic rings. The van der Waals surface area contributed by atoms with Gasteiger partial charge in [-0.05, 0) is 25.0 Å². The molecule has 0 aliphatic heterocycles. The lowest BCUT2D eigenvalue weighted by atomic mass is 10.2. The van der Waals surface area contributed by atoms with Crippen LogP contribution in [0.2, 0.25) is 0 Å². The fourth-order valence-electron chi connectivity index (χ4n) is 1.42. The van der Waals surface area contributed by atoms with Gasteiger partial charge in [0.05, 0.1) is 9.75 Å². The third-order valence-corrected chi connectivity index (χ3v) is 3.50. The van der Waals surface area contributed by atoms with E-state index in [2.05, 4.69) is 17.2 Å². The lowest BCUT2D eigenvalue weighted by Gasteiger charge is -2.06. The van der Waals surface area contributed by atoms with Gasteiger partial charge in [0.1, 0.15) is 6.61 Å². The van der Waals surface area contributed by atoms with Crippen molar-refractivity contribution in [3.63, 3.8) is 0 Å². The van der Waals surface area contributed by atoms with Gasteiger partial charge in [0.2, 0.25) is 0 Å². The molecule has 0 atom stereocenters. The third kappa shape index (κ3) is 5.63. The number of hydrogen-bond donors (Lipinski definition) is 2. The highest BCUT2D eigenvalue weighted by Gasteiger charge is 2.26. The van der Waals surface area contributed by atoms with E-state index in [0.717, 1.165) is 16.9 Å². The Kier molecular flexibility index (Phi) is 6.05. The lowest BCUT2D eigenvalue weighted by molar-refractivity contribution is -0.135. The molecule has 0 fully saturated rings. The van der Waals surface area contributed by atoms with Crippen molar-refractivity contribution in [2.45, 2.75) is 25.9 Å².